The first-order valence-electron chi connectivity index (χ1n) is 7.70. The van der Waals surface area contributed by atoms with Gasteiger partial charge in [-0.05, 0) is 51.9 Å². The van der Waals surface area contributed by atoms with E-state index in [0.29, 0.717) is 13.2 Å². The summed E-state index contributed by atoms with van der Waals surface area (Å²) in [4.78, 5) is 2.44. The molecule has 0 aliphatic carbocycles. The second kappa shape index (κ2) is 8.00. The largest absolute Gasteiger partial charge is 0.490 e. The highest BCUT2D eigenvalue weighted by Crippen LogP contribution is 2.32. The molecule has 1 aromatic rings. The fourth-order valence-electron chi connectivity index (χ4n) is 2.52. The van der Waals surface area contributed by atoms with Gasteiger partial charge >= 0.3 is 0 Å². The average molecular weight is 278 g/mol. The second-order valence-electron chi connectivity index (χ2n) is 4.94. The van der Waals surface area contributed by atoms with Crippen LogP contribution in [0, 0.1) is 0 Å². The Bertz CT molecular complexity index is 401. The molecule has 2 rings (SSSR count). The van der Waals surface area contributed by atoms with Gasteiger partial charge in [-0.3, -0.25) is 0 Å². The molecular weight excluding hydrogens is 252 g/mol. The maximum atomic E-state index is 5.71. The normalized spacial score (nSPS) is 16.4. The molecule has 1 aromatic carbocycles. The van der Waals surface area contributed by atoms with E-state index < -0.39 is 0 Å². The first-order valence-corrected chi connectivity index (χ1v) is 7.70. The Labute approximate surface area is 122 Å². The Hall–Kier alpha value is -1.42. The van der Waals surface area contributed by atoms with Gasteiger partial charge in [0, 0.05) is 24.8 Å². The zero-order valence-electron chi connectivity index (χ0n) is 12.7. The minimum absolute atomic E-state index is 0.660. The fraction of sp³-hybridized carbons (Fsp3) is 0.625. The number of nitrogens with one attached hydrogen (secondary N) is 1. The molecule has 1 aliphatic heterocycles. The van der Waals surface area contributed by atoms with Crippen molar-refractivity contribution < 1.29 is 9.47 Å². The number of anilines is 1. The predicted octanol–water partition coefficient (Wildman–Crippen LogP) is 2.67. The van der Waals surface area contributed by atoms with Crippen molar-refractivity contribution in [3.63, 3.8) is 0 Å². The number of nitrogens with zero attached hydrogens (tertiary/aromatic N) is 1. The van der Waals surface area contributed by atoms with E-state index in [4.69, 9.17) is 9.47 Å². The Morgan fingerprint density at radius 1 is 1.00 bits per heavy atom. The van der Waals surface area contributed by atoms with E-state index >= 15 is 0 Å². The van der Waals surface area contributed by atoms with Crippen LogP contribution in [-0.4, -0.2) is 39.4 Å². The summed E-state index contributed by atoms with van der Waals surface area (Å²) in [5.41, 5.74) is 1.24. The molecule has 0 aromatic heterocycles. The molecule has 0 amide bonds. The minimum atomic E-state index is 0.660. The topological polar surface area (TPSA) is 33.7 Å². The minimum Gasteiger partial charge on any atom is -0.490 e. The number of hydrogen-bond donors (Lipinski definition) is 1. The Kier molecular flexibility index (Phi) is 5.99. The summed E-state index contributed by atoms with van der Waals surface area (Å²) in [6, 6.07) is 6.28. The van der Waals surface area contributed by atoms with Crippen molar-refractivity contribution in [2.75, 3.05) is 44.3 Å². The lowest BCUT2D eigenvalue weighted by atomic mass is 10.2. The Morgan fingerprint density at radius 3 is 2.30 bits per heavy atom. The molecule has 112 valence electrons. The van der Waals surface area contributed by atoms with Gasteiger partial charge in [-0.1, -0.05) is 0 Å². The molecule has 1 heterocycles. The van der Waals surface area contributed by atoms with Crippen molar-refractivity contribution in [1.29, 1.82) is 0 Å². The zero-order valence-corrected chi connectivity index (χ0v) is 12.7. The lowest BCUT2D eigenvalue weighted by molar-refractivity contribution is 0.288. The fourth-order valence-corrected chi connectivity index (χ4v) is 2.52. The lowest BCUT2D eigenvalue weighted by Gasteiger charge is -2.28. The van der Waals surface area contributed by atoms with Crippen molar-refractivity contribution in [3.05, 3.63) is 18.2 Å². The van der Waals surface area contributed by atoms with Crippen molar-refractivity contribution >= 4 is 5.69 Å². The van der Waals surface area contributed by atoms with Crippen molar-refractivity contribution in [1.82, 2.24) is 5.32 Å². The molecule has 0 saturated carbocycles. The molecule has 20 heavy (non-hydrogen) atoms. The average Bonchev–Trinajstić information content (AvgIpc) is 2.41. The van der Waals surface area contributed by atoms with Crippen LogP contribution in [-0.2, 0) is 0 Å². The molecule has 0 bridgehead atoms. The van der Waals surface area contributed by atoms with Gasteiger partial charge < -0.3 is 19.7 Å². The molecule has 4 heteroatoms. The molecule has 1 aliphatic rings. The van der Waals surface area contributed by atoms with Crippen LogP contribution in [0.3, 0.4) is 0 Å². The molecule has 0 radical (unpaired) electrons. The van der Waals surface area contributed by atoms with Gasteiger partial charge in [-0.2, -0.15) is 0 Å². The first kappa shape index (κ1) is 15.0. The highest BCUT2D eigenvalue weighted by Gasteiger charge is 2.12. The van der Waals surface area contributed by atoms with E-state index in [0.717, 1.165) is 37.7 Å². The van der Waals surface area contributed by atoms with E-state index in [-0.39, 0.29) is 0 Å². The molecule has 0 unspecified atom stereocenters. The first-order chi connectivity index (χ1) is 9.85. The smallest absolute Gasteiger partial charge is 0.163 e. The maximum absolute atomic E-state index is 5.71. The van der Waals surface area contributed by atoms with Gasteiger partial charge in [0.05, 0.1) is 13.2 Å². The highest BCUT2D eigenvalue weighted by molar-refractivity contribution is 5.56. The van der Waals surface area contributed by atoms with Crippen LogP contribution in [0.5, 0.6) is 11.5 Å². The third-order valence-electron chi connectivity index (χ3n) is 3.46. The van der Waals surface area contributed by atoms with Gasteiger partial charge in [0.25, 0.3) is 0 Å². The third kappa shape index (κ3) is 4.04. The monoisotopic (exact) mass is 278 g/mol. The van der Waals surface area contributed by atoms with Crippen molar-refractivity contribution in [3.8, 4) is 11.5 Å². The summed E-state index contributed by atoms with van der Waals surface area (Å²) < 4.78 is 11.3. The maximum Gasteiger partial charge on any atom is 0.163 e. The molecule has 1 fully saturated rings. The molecule has 0 spiro atoms. The van der Waals surface area contributed by atoms with Gasteiger partial charge in [-0.15, -0.1) is 0 Å². The standard InChI is InChI=1S/C16H26N2O2/c1-3-19-15-8-7-14(13-16(15)20-4-2)18-11-5-9-17-10-6-12-18/h7-8,13,17H,3-6,9-12H2,1-2H3. The second-order valence-corrected chi connectivity index (χ2v) is 4.94. The van der Waals surface area contributed by atoms with Crippen LogP contribution in [0.15, 0.2) is 18.2 Å². The van der Waals surface area contributed by atoms with Gasteiger partial charge in [0.2, 0.25) is 0 Å². The molecule has 1 saturated heterocycles. The summed E-state index contributed by atoms with van der Waals surface area (Å²) in [7, 11) is 0. The van der Waals surface area contributed by atoms with E-state index in [1.165, 1.54) is 18.5 Å². The summed E-state index contributed by atoms with van der Waals surface area (Å²) in [5.74, 6) is 1.69. The van der Waals surface area contributed by atoms with Crippen LogP contribution < -0.4 is 19.7 Å². The van der Waals surface area contributed by atoms with Crippen LogP contribution >= 0.6 is 0 Å². The number of benzene rings is 1. The lowest BCUT2D eigenvalue weighted by Crippen LogP contribution is -2.33. The van der Waals surface area contributed by atoms with E-state index in [1.54, 1.807) is 0 Å². The van der Waals surface area contributed by atoms with Gasteiger partial charge in [-0.25, -0.2) is 0 Å². The molecule has 0 atom stereocenters. The quantitative estimate of drug-likeness (QED) is 0.898. The van der Waals surface area contributed by atoms with Crippen LogP contribution in [0.2, 0.25) is 0 Å². The van der Waals surface area contributed by atoms with Crippen LogP contribution in [0.25, 0.3) is 0 Å². The summed E-state index contributed by atoms with van der Waals surface area (Å²) in [5, 5.41) is 3.45. The number of hydrogen-bond acceptors (Lipinski definition) is 4. The highest BCUT2D eigenvalue weighted by atomic mass is 16.5. The third-order valence-corrected chi connectivity index (χ3v) is 3.46. The predicted molar refractivity (Wildman–Crippen MR) is 83.1 cm³/mol. The summed E-state index contributed by atoms with van der Waals surface area (Å²) in [6.07, 6.45) is 2.36. The summed E-state index contributed by atoms with van der Waals surface area (Å²) in [6.45, 7) is 9.71. The van der Waals surface area contributed by atoms with Gasteiger partial charge in [0.15, 0.2) is 11.5 Å². The zero-order chi connectivity index (χ0) is 14.2. The van der Waals surface area contributed by atoms with Gasteiger partial charge in [0.1, 0.15) is 0 Å². The van der Waals surface area contributed by atoms with Crippen molar-refractivity contribution in [2.45, 2.75) is 26.7 Å². The molecule has 1 N–H and O–H groups in total. The number of rotatable bonds is 5. The van der Waals surface area contributed by atoms with Crippen LogP contribution in [0.4, 0.5) is 5.69 Å². The Balaban J connectivity index is 2.15. The SMILES string of the molecule is CCOc1ccc(N2CCCNCCC2)cc1OCC. The summed E-state index contributed by atoms with van der Waals surface area (Å²) >= 11 is 0. The Morgan fingerprint density at radius 2 is 1.65 bits per heavy atom. The van der Waals surface area contributed by atoms with E-state index in [1.807, 2.05) is 19.9 Å². The number of ether oxygens (including phenoxy) is 2. The van der Waals surface area contributed by atoms with E-state index in [2.05, 4.69) is 22.3 Å². The van der Waals surface area contributed by atoms with Crippen LogP contribution in [0.1, 0.15) is 26.7 Å². The van der Waals surface area contributed by atoms with E-state index in [9.17, 15) is 0 Å². The molecular formula is C16H26N2O2. The van der Waals surface area contributed by atoms with Crippen molar-refractivity contribution in [2.24, 2.45) is 0 Å². The molecule has 4 nitrogen and oxygen atoms in total.